The molecule has 0 bridgehead atoms. The number of rotatable bonds is 9. The van der Waals surface area contributed by atoms with Crippen LogP contribution >= 0.6 is 0 Å². The smallest absolute Gasteiger partial charge is 0.227 e. The summed E-state index contributed by atoms with van der Waals surface area (Å²) in [5.74, 6) is 1.42. The standard InChI is InChI=1S/C29H36N2O5/c1-34-23-12-10-22(11-13-23)31-27(32)16-14-24(29(33)30-18-17-20-7-5-4-6-8-20)28(31)21-9-15-25(35-2)26(19-21)36-3/h7,9-13,15,19,24,28H,4-6,8,14,16-18H2,1-3H3,(H,30,33)/t24-,28+/m1/s1. The number of carbonyl (C=O) groups is 2. The highest BCUT2D eigenvalue weighted by molar-refractivity contribution is 5.97. The molecular weight excluding hydrogens is 456 g/mol. The number of methoxy groups -OCH3 is 3. The van der Waals surface area contributed by atoms with E-state index in [1.54, 1.807) is 26.2 Å². The molecule has 1 N–H and O–H groups in total. The van der Waals surface area contributed by atoms with E-state index in [4.69, 9.17) is 14.2 Å². The first-order chi connectivity index (χ1) is 17.5. The molecule has 1 heterocycles. The zero-order chi connectivity index (χ0) is 25.5. The van der Waals surface area contributed by atoms with E-state index in [0.717, 1.165) is 30.5 Å². The number of hydrogen-bond donors (Lipinski definition) is 1. The summed E-state index contributed by atoms with van der Waals surface area (Å²) in [6.45, 7) is 0.607. The highest BCUT2D eigenvalue weighted by Crippen LogP contribution is 2.42. The van der Waals surface area contributed by atoms with Gasteiger partial charge >= 0.3 is 0 Å². The molecule has 2 aromatic carbocycles. The van der Waals surface area contributed by atoms with Crippen molar-refractivity contribution in [3.05, 3.63) is 59.7 Å². The minimum atomic E-state index is -0.478. The molecule has 1 saturated heterocycles. The Morgan fingerprint density at radius 2 is 1.75 bits per heavy atom. The van der Waals surface area contributed by atoms with Crippen molar-refractivity contribution in [1.29, 1.82) is 0 Å². The molecule has 192 valence electrons. The molecule has 1 aliphatic heterocycles. The van der Waals surface area contributed by atoms with E-state index in [1.807, 2.05) is 42.5 Å². The summed E-state index contributed by atoms with van der Waals surface area (Å²) in [4.78, 5) is 28.6. The van der Waals surface area contributed by atoms with Gasteiger partial charge in [0.05, 0.1) is 33.3 Å². The van der Waals surface area contributed by atoms with Gasteiger partial charge < -0.3 is 24.4 Å². The Morgan fingerprint density at radius 1 is 0.972 bits per heavy atom. The topological polar surface area (TPSA) is 77.1 Å². The van der Waals surface area contributed by atoms with Gasteiger partial charge in [0.25, 0.3) is 0 Å². The summed E-state index contributed by atoms with van der Waals surface area (Å²) < 4.78 is 16.3. The van der Waals surface area contributed by atoms with Crippen molar-refractivity contribution in [2.24, 2.45) is 5.92 Å². The Morgan fingerprint density at radius 3 is 2.42 bits per heavy atom. The largest absolute Gasteiger partial charge is 0.497 e. The Balaban J connectivity index is 1.65. The summed E-state index contributed by atoms with van der Waals surface area (Å²) in [6.07, 6.45) is 8.70. The fraction of sp³-hybridized carbons (Fsp3) is 0.448. The Hall–Kier alpha value is -3.48. The average molecular weight is 493 g/mol. The number of carbonyl (C=O) groups excluding carboxylic acids is 2. The van der Waals surface area contributed by atoms with E-state index in [9.17, 15) is 9.59 Å². The number of benzene rings is 2. The highest BCUT2D eigenvalue weighted by atomic mass is 16.5. The van der Waals surface area contributed by atoms with Gasteiger partial charge in [0.1, 0.15) is 5.75 Å². The van der Waals surface area contributed by atoms with Gasteiger partial charge in [-0.25, -0.2) is 0 Å². The van der Waals surface area contributed by atoms with E-state index >= 15 is 0 Å². The maximum absolute atomic E-state index is 13.5. The molecule has 0 spiro atoms. The van der Waals surface area contributed by atoms with Crippen LogP contribution in [0.15, 0.2) is 54.1 Å². The van der Waals surface area contributed by atoms with Crippen LogP contribution in [0.3, 0.4) is 0 Å². The monoisotopic (exact) mass is 492 g/mol. The molecule has 2 atom stereocenters. The van der Waals surface area contributed by atoms with Crippen molar-refractivity contribution >= 4 is 17.5 Å². The van der Waals surface area contributed by atoms with Gasteiger partial charge in [0, 0.05) is 18.7 Å². The van der Waals surface area contributed by atoms with Crippen molar-refractivity contribution in [2.75, 3.05) is 32.8 Å². The second kappa shape index (κ2) is 12.0. The summed E-state index contributed by atoms with van der Waals surface area (Å²) in [5, 5.41) is 3.16. The summed E-state index contributed by atoms with van der Waals surface area (Å²) in [5.41, 5.74) is 2.98. The normalized spacial score (nSPS) is 19.9. The maximum Gasteiger partial charge on any atom is 0.227 e. The Labute approximate surface area is 213 Å². The molecule has 7 nitrogen and oxygen atoms in total. The molecule has 0 aromatic heterocycles. The van der Waals surface area contributed by atoms with Gasteiger partial charge in [-0.15, -0.1) is 0 Å². The minimum absolute atomic E-state index is 0.0173. The lowest BCUT2D eigenvalue weighted by Gasteiger charge is -2.41. The number of amides is 2. The number of ether oxygens (including phenoxy) is 3. The van der Waals surface area contributed by atoms with E-state index in [1.165, 1.54) is 18.4 Å². The predicted octanol–water partition coefficient (Wildman–Crippen LogP) is 5.20. The molecule has 7 heteroatoms. The lowest BCUT2D eigenvalue weighted by Crippen LogP contribution is -2.48. The van der Waals surface area contributed by atoms with Crippen LogP contribution in [0.4, 0.5) is 5.69 Å². The Kier molecular flexibility index (Phi) is 8.52. The first-order valence-corrected chi connectivity index (χ1v) is 12.7. The van der Waals surface area contributed by atoms with E-state index in [2.05, 4.69) is 11.4 Å². The van der Waals surface area contributed by atoms with E-state index in [-0.39, 0.29) is 11.8 Å². The fourth-order valence-corrected chi connectivity index (χ4v) is 5.24. The van der Waals surface area contributed by atoms with Crippen molar-refractivity contribution in [1.82, 2.24) is 5.32 Å². The SMILES string of the molecule is COc1ccc(N2C(=O)CC[C@@H](C(=O)NCCC3=CCCCC3)[C@@H]2c2ccc(OC)c(OC)c2)cc1. The van der Waals surface area contributed by atoms with E-state index < -0.39 is 12.0 Å². The molecule has 2 aliphatic rings. The van der Waals surface area contributed by atoms with Gasteiger partial charge in [-0.3, -0.25) is 9.59 Å². The fourth-order valence-electron chi connectivity index (χ4n) is 5.24. The summed E-state index contributed by atoms with van der Waals surface area (Å²) in [6, 6.07) is 12.5. The quantitative estimate of drug-likeness (QED) is 0.487. The van der Waals surface area contributed by atoms with Crippen molar-refractivity contribution in [3.8, 4) is 17.2 Å². The molecule has 2 amide bonds. The van der Waals surface area contributed by atoms with Crippen LogP contribution in [0.5, 0.6) is 17.2 Å². The molecular formula is C29H36N2O5. The lowest BCUT2D eigenvalue weighted by atomic mass is 9.83. The second-order valence-corrected chi connectivity index (χ2v) is 9.32. The maximum atomic E-state index is 13.5. The zero-order valence-electron chi connectivity index (χ0n) is 21.4. The molecule has 0 saturated carbocycles. The van der Waals surface area contributed by atoms with Gasteiger partial charge in [0.15, 0.2) is 11.5 Å². The van der Waals surface area contributed by atoms with Crippen molar-refractivity contribution in [2.45, 2.75) is 51.0 Å². The molecule has 2 aromatic rings. The molecule has 1 aliphatic carbocycles. The summed E-state index contributed by atoms with van der Waals surface area (Å²) >= 11 is 0. The van der Waals surface area contributed by atoms with Gasteiger partial charge in [-0.05, 0) is 80.5 Å². The number of nitrogens with zero attached hydrogens (tertiary/aromatic N) is 1. The van der Waals surface area contributed by atoms with Crippen LogP contribution in [-0.2, 0) is 9.59 Å². The summed E-state index contributed by atoms with van der Waals surface area (Å²) in [7, 11) is 4.78. The third kappa shape index (κ3) is 5.66. The average Bonchev–Trinajstić information content (AvgIpc) is 2.93. The van der Waals surface area contributed by atoms with Gasteiger partial charge in [0.2, 0.25) is 11.8 Å². The van der Waals surface area contributed by atoms with E-state index in [0.29, 0.717) is 36.6 Å². The van der Waals surface area contributed by atoms with Crippen LogP contribution in [0, 0.1) is 5.92 Å². The number of nitrogens with one attached hydrogen (secondary N) is 1. The van der Waals surface area contributed by atoms with Crippen molar-refractivity contribution in [3.63, 3.8) is 0 Å². The number of piperidine rings is 1. The van der Waals surface area contributed by atoms with Crippen LogP contribution in [0.1, 0.15) is 56.6 Å². The molecule has 1 fully saturated rings. The first kappa shape index (κ1) is 25.6. The number of allylic oxidation sites excluding steroid dienone is 1. The molecule has 4 rings (SSSR count). The zero-order valence-corrected chi connectivity index (χ0v) is 21.4. The molecule has 0 unspecified atom stereocenters. The van der Waals surface area contributed by atoms with Crippen LogP contribution in [0.25, 0.3) is 0 Å². The van der Waals surface area contributed by atoms with Crippen LogP contribution in [-0.4, -0.2) is 39.7 Å². The van der Waals surface area contributed by atoms with Gasteiger partial charge in [-0.1, -0.05) is 17.7 Å². The third-order valence-corrected chi connectivity index (χ3v) is 7.16. The second-order valence-electron chi connectivity index (χ2n) is 9.32. The van der Waals surface area contributed by atoms with Crippen LogP contribution in [0.2, 0.25) is 0 Å². The molecule has 0 radical (unpaired) electrons. The van der Waals surface area contributed by atoms with Crippen molar-refractivity contribution < 1.29 is 23.8 Å². The minimum Gasteiger partial charge on any atom is -0.497 e. The van der Waals surface area contributed by atoms with Crippen LogP contribution < -0.4 is 24.4 Å². The third-order valence-electron chi connectivity index (χ3n) is 7.16. The number of anilines is 1. The molecule has 36 heavy (non-hydrogen) atoms. The highest BCUT2D eigenvalue weighted by Gasteiger charge is 2.41. The number of hydrogen-bond acceptors (Lipinski definition) is 5. The van der Waals surface area contributed by atoms with Gasteiger partial charge in [-0.2, -0.15) is 0 Å². The Bertz CT molecular complexity index is 1100. The first-order valence-electron chi connectivity index (χ1n) is 12.7. The predicted molar refractivity (Wildman–Crippen MR) is 140 cm³/mol. The lowest BCUT2D eigenvalue weighted by molar-refractivity contribution is -0.129.